The summed E-state index contributed by atoms with van der Waals surface area (Å²) in [5.74, 6) is 0. The third-order valence-corrected chi connectivity index (χ3v) is 4.36. The van der Waals surface area contributed by atoms with Crippen molar-refractivity contribution in [1.82, 2.24) is 4.98 Å². The van der Waals surface area contributed by atoms with E-state index < -0.39 is 0 Å². The summed E-state index contributed by atoms with van der Waals surface area (Å²) >= 11 is 12.5. The first-order valence-electron chi connectivity index (χ1n) is 3.55. The van der Waals surface area contributed by atoms with Crippen LogP contribution in [0.4, 0.5) is 0 Å². The normalized spacial score (nSPS) is 10.7. The van der Waals surface area contributed by atoms with E-state index in [0.29, 0.717) is 0 Å². The molecule has 0 saturated heterocycles. The Morgan fingerprint density at radius 2 is 2.15 bits per heavy atom. The third-order valence-electron chi connectivity index (χ3n) is 1.50. The van der Waals surface area contributed by atoms with Crippen LogP contribution >= 0.6 is 50.2 Å². The highest BCUT2D eigenvalue weighted by molar-refractivity contribution is 9.11. The van der Waals surface area contributed by atoms with Crippen LogP contribution in [0.15, 0.2) is 15.9 Å². The number of halogens is 2. The van der Waals surface area contributed by atoms with E-state index in [1.165, 1.54) is 0 Å². The lowest BCUT2D eigenvalue weighted by Gasteiger charge is -1.89. The minimum Gasteiger partial charge on any atom is -0.239 e. The summed E-state index contributed by atoms with van der Waals surface area (Å²) in [5, 5.41) is 1.06. The number of aromatic nitrogens is 1. The second-order valence-corrected chi connectivity index (χ2v) is 6.70. The lowest BCUT2D eigenvalue weighted by molar-refractivity contribution is 1.30. The van der Waals surface area contributed by atoms with Gasteiger partial charge in [-0.15, -0.1) is 22.7 Å². The van der Waals surface area contributed by atoms with Gasteiger partial charge >= 0.3 is 0 Å². The minimum atomic E-state index is 0.799. The van der Waals surface area contributed by atoms with Crippen LogP contribution in [0.2, 0.25) is 4.34 Å². The molecule has 13 heavy (non-hydrogen) atoms. The lowest BCUT2D eigenvalue weighted by Crippen LogP contribution is -1.72. The molecule has 1 nitrogen and oxygen atoms in total. The van der Waals surface area contributed by atoms with E-state index >= 15 is 0 Å². The highest BCUT2D eigenvalue weighted by Crippen LogP contribution is 2.37. The highest BCUT2D eigenvalue weighted by Gasteiger charge is 2.10. The van der Waals surface area contributed by atoms with E-state index in [4.69, 9.17) is 11.6 Å². The number of hydrogen-bond donors (Lipinski definition) is 0. The molecule has 0 radical (unpaired) electrons. The lowest BCUT2D eigenvalue weighted by atomic mass is 10.4. The van der Waals surface area contributed by atoms with Crippen molar-refractivity contribution in [3.05, 3.63) is 25.3 Å². The fourth-order valence-corrected chi connectivity index (χ4v) is 3.88. The van der Waals surface area contributed by atoms with Gasteiger partial charge in [0, 0.05) is 0 Å². The molecule has 2 rings (SSSR count). The van der Waals surface area contributed by atoms with Gasteiger partial charge in [0.25, 0.3) is 0 Å². The maximum Gasteiger partial charge on any atom is 0.106 e. The van der Waals surface area contributed by atoms with Gasteiger partial charge < -0.3 is 0 Å². The van der Waals surface area contributed by atoms with Crippen LogP contribution in [-0.2, 0) is 0 Å². The van der Waals surface area contributed by atoms with E-state index in [0.717, 1.165) is 23.7 Å². The second-order valence-electron chi connectivity index (χ2n) is 2.46. The van der Waals surface area contributed by atoms with Gasteiger partial charge in [-0.25, -0.2) is 4.98 Å². The van der Waals surface area contributed by atoms with Crippen molar-refractivity contribution in [3.63, 3.8) is 0 Å². The second kappa shape index (κ2) is 3.69. The van der Waals surface area contributed by atoms with Crippen LogP contribution < -0.4 is 0 Å². The minimum absolute atomic E-state index is 0.799. The Hall–Kier alpha value is 0.1000. The molecule has 5 heteroatoms. The summed E-state index contributed by atoms with van der Waals surface area (Å²) in [6, 6.07) is 3.88. The molecule has 0 spiro atoms. The van der Waals surface area contributed by atoms with E-state index in [1.807, 2.05) is 19.1 Å². The Balaban J connectivity index is 2.51. The van der Waals surface area contributed by atoms with Crippen LogP contribution in [0.3, 0.4) is 0 Å². The Kier molecular flexibility index (Phi) is 2.74. The summed E-state index contributed by atoms with van der Waals surface area (Å²) in [4.78, 5) is 5.53. The number of thiophene rings is 1. The van der Waals surface area contributed by atoms with E-state index in [-0.39, 0.29) is 0 Å². The number of nitrogens with zero attached hydrogens (tertiary/aromatic N) is 1. The Morgan fingerprint density at radius 1 is 1.38 bits per heavy atom. The topological polar surface area (TPSA) is 12.9 Å². The van der Waals surface area contributed by atoms with Crippen LogP contribution in [0.1, 0.15) is 5.01 Å². The molecule has 0 aliphatic carbocycles. The molecule has 0 amide bonds. The summed E-state index contributed by atoms with van der Waals surface area (Å²) in [6.45, 7) is 1.99. The van der Waals surface area contributed by atoms with Crippen LogP contribution in [-0.4, -0.2) is 4.98 Å². The van der Waals surface area contributed by atoms with Crippen molar-refractivity contribution >= 4 is 50.2 Å². The number of aryl methyl sites for hydroxylation is 1. The third kappa shape index (κ3) is 1.96. The maximum atomic E-state index is 5.85. The predicted octanol–water partition coefficient (Wildman–Crippen LogP) is 4.60. The summed E-state index contributed by atoms with van der Waals surface area (Å²) in [5.41, 5.74) is 0.999. The van der Waals surface area contributed by atoms with Crippen molar-refractivity contribution < 1.29 is 0 Å². The van der Waals surface area contributed by atoms with Crippen LogP contribution in [0, 0.1) is 6.92 Å². The van der Waals surface area contributed by atoms with Crippen molar-refractivity contribution in [2.24, 2.45) is 0 Å². The summed E-state index contributed by atoms with van der Waals surface area (Å²) in [7, 11) is 0. The molecule has 0 aromatic carbocycles. The van der Waals surface area contributed by atoms with Gasteiger partial charge in [0.1, 0.15) is 5.69 Å². The Bertz CT molecular complexity index is 435. The van der Waals surface area contributed by atoms with E-state index in [2.05, 4.69) is 20.9 Å². The van der Waals surface area contributed by atoms with Crippen molar-refractivity contribution in [2.45, 2.75) is 6.92 Å². The van der Waals surface area contributed by atoms with Gasteiger partial charge in [-0.3, -0.25) is 0 Å². The van der Waals surface area contributed by atoms with Gasteiger partial charge in [0.05, 0.1) is 18.0 Å². The average Bonchev–Trinajstić information content (AvgIpc) is 2.58. The zero-order chi connectivity index (χ0) is 9.42. The molecular formula is C8H5BrClNS2. The fourth-order valence-electron chi connectivity index (χ4n) is 0.996. The smallest absolute Gasteiger partial charge is 0.106 e. The van der Waals surface area contributed by atoms with Gasteiger partial charge in [-0.05, 0) is 35.0 Å². The predicted molar refractivity (Wildman–Crippen MR) is 62.9 cm³/mol. The largest absolute Gasteiger partial charge is 0.239 e. The molecule has 2 heterocycles. The highest BCUT2D eigenvalue weighted by atomic mass is 79.9. The summed E-state index contributed by atoms with van der Waals surface area (Å²) in [6.07, 6.45) is 0. The zero-order valence-electron chi connectivity index (χ0n) is 6.67. The molecule has 0 bridgehead atoms. The molecule has 0 aliphatic rings. The molecule has 2 aromatic rings. The zero-order valence-corrected chi connectivity index (χ0v) is 10.6. The number of thiazole rings is 1. The Labute approximate surface area is 97.5 Å². The van der Waals surface area contributed by atoms with E-state index in [9.17, 15) is 0 Å². The molecule has 0 aliphatic heterocycles. The summed E-state index contributed by atoms with van der Waals surface area (Å²) < 4.78 is 1.87. The first-order valence-corrected chi connectivity index (χ1v) is 6.36. The van der Waals surface area contributed by atoms with Crippen LogP contribution in [0.25, 0.3) is 10.6 Å². The van der Waals surface area contributed by atoms with Gasteiger partial charge in [-0.2, -0.15) is 0 Å². The van der Waals surface area contributed by atoms with Crippen molar-refractivity contribution in [1.29, 1.82) is 0 Å². The van der Waals surface area contributed by atoms with Crippen molar-refractivity contribution in [2.75, 3.05) is 0 Å². The molecule has 0 unspecified atom stereocenters. The quantitative estimate of drug-likeness (QED) is 0.749. The molecule has 0 N–H and O–H groups in total. The maximum absolute atomic E-state index is 5.85. The monoisotopic (exact) mass is 293 g/mol. The molecule has 2 aromatic heterocycles. The van der Waals surface area contributed by atoms with Gasteiger partial charge in [0.15, 0.2) is 0 Å². The molecule has 68 valence electrons. The van der Waals surface area contributed by atoms with E-state index in [1.54, 1.807) is 22.7 Å². The average molecular weight is 295 g/mol. The number of rotatable bonds is 1. The number of hydrogen-bond acceptors (Lipinski definition) is 3. The standard InChI is InChI=1S/C8H5BrClNS2/c1-4-11-7(8(9)12-4)5-2-3-6(10)13-5/h2-3H,1H3. The molecule has 0 atom stereocenters. The molecule has 0 fully saturated rings. The first-order chi connectivity index (χ1) is 6.16. The Morgan fingerprint density at radius 3 is 2.62 bits per heavy atom. The van der Waals surface area contributed by atoms with Crippen molar-refractivity contribution in [3.8, 4) is 10.6 Å². The van der Waals surface area contributed by atoms with Gasteiger partial charge in [0.2, 0.25) is 0 Å². The SMILES string of the molecule is Cc1nc(-c2ccc(Cl)s2)c(Br)s1. The van der Waals surface area contributed by atoms with Gasteiger partial charge in [-0.1, -0.05) is 11.6 Å². The molecular weight excluding hydrogens is 290 g/mol. The first kappa shape index (κ1) is 9.65. The fraction of sp³-hybridized carbons (Fsp3) is 0.125. The van der Waals surface area contributed by atoms with Crippen LogP contribution in [0.5, 0.6) is 0 Å². The molecule has 0 saturated carbocycles.